The molecule has 1 saturated heterocycles. The van der Waals surface area contributed by atoms with Gasteiger partial charge in [0.1, 0.15) is 0 Å². The Bertz CT molecular complexity index is 1290. The van der Waals surface area contributed by atoms with E-state index in [1.165, 1.54) is 43.2 Å². The largest absolute Gasteiger partial charge is 0.355 e. The summed E-state index contributed by atoms with van der Waals surface area (Å²) in [4.78, 5) is 28.8. The van der Waals surface area contributed by atoms with Gasteiger partial charge in [-0.1, -0.05) is 90.1 Å². The molecule has 238 valence electrons. The Kier molecular flexibility index (Phi) is 8.52. The molecule has 7 atom stereocenters. The van der Waals surface area contributed by atoms with E-state index in [0.717, 1.165) is 48.3 Å². The minimum Gasteiger partial charge on any atom is -0.355 e. The second-order valence-corrected chi connectivity index (χ2v) is 16.1. The van der Waals surface area contributed by atoms with Gasteiger partial charge in [0.25, 0.3) is 0 Å². The van der Waals surface area contributed by atoms with E-state index in [1.54, 1.807) is 0 Å². The summed E-state index contributed by atoms with van der Waals surface area (Å²) in [6.45, 7) is 14.7. The number of carbonyl (C=O) groups excluding carboxylic acids is 2. The summed E-state index contributed by atoms with van der Waals surface area (Å²) in [7, 11) is 2.05. The minimum atomic E-state index is -0.306. The molecule has 0 radical (unpaired) electrons. The number of piperidine rings is 1. The van der Waals surface area contributed by atoms with Gasteiger partial charge >= 0.3 is 0 Å². The van der Waals surface area contributed by atoms with Crippen molar-refractivity contribution >= 4 is 11.8 Å². The van der Waals surface area contributed by atoms with E-state index < -0.39 is 0 Å². The van der Waals surface area contributed by atoms with E-state index in [9.17, 15) is 9.59 Å². The lowest BCUT2D eigenvalue weighted by Gasteiger charge is -2.61. The fraction of sp³-hybridized carbons (Fsp3) is 0.650. The molecule has 4 fully saturated rings. The summed E-state index contributed by atoms with van der Waals surface area (Å²) in [5, 5.41) is 3.51. The van der Waals surface area contributed by atoms with Crippen molar-refractivity contribution in [2.45, 2.75) is 117 Å². The highest BCUT2D eigenvalue weighted by atomic mass is 16.2. The van der Waals surface area contributed by atoms with Gasteiger partial charge in [-0.25, -0.2) is 0 Å². The fourth-order valence-corrected chi connectivity index (χ4v) is 10.6. The van der Waals surface area contributed by atoms with Crippen molar-refractivity contribution in [1.82, 2.24) is 10.2 Å². The summed E-state index contributed by atoms with van der Waals surface area (Å²) in [6.07, 6.45) is 9.18. The maximum absolute atomic E-state index is 14.1. The van der Waals surface area contributed by atoms with Crippen molar-refractivity contribution in [3.05, 3.63) is 70.8 Å². The maximum Gasteiger partial charge on any atom is 0.232 e. The lowest BCUT2D eigenvalue weighted by Crippen LogP contribution is -2.61. The number of benzene rings is 2. The molecule has 0 aromatic heterocycles. The number of nitrogens with zero attached hydrogens (tertiary/aromatic N) is 1. The van der Waals surface area contributed by atoms with Crippen LogP contribution in [0.5, 0.6) is 0 Å². The molecule has 4 nitrogen and oxygen atoms in total. The monoisotopic (exact) mass is 596 g/mol. The number of carbonyl (C=O) groups is 2. The predicted molar refractivity (Wildman–Crippen MR) is 180 cm³/mol. The number of nitrogens with one attached hydrogen (secondary N) is 1. The number of rotatable bonds is 7. The maximum atomic E-state index is 14.1. The van der Waals surface area contributed by atoms with Crippen molar-refractivity contribution < 1.29 is 9.59 Å². The van der Waals surface area contributed by atoms with Crippen molar-refractivity contribution in [2.75, 3.05) is 13.6 Å². The van der Waals surface area contributed by atoms with Crippen LogP contribution in [0.15, 0.2) is 48.5 Å². The standard InChI is InChI=1S/C40H56N2O2/c1-25(2)27-8-12-29(13-9-27)37(30-14-10-28(11-15-30)26(3)4)38(44)41-24-31-16-18-33-32-17-19-35-40(6,23-21-36(43)42(35)7)34(32)20-22-39(31,33)5/h8-15,25-26,31-35,37H,16-24H2,1-7H3,(H,41,44)/t31-,32+,33+,34+,35-,39-,40-/m1/s1. The third-order valence-corrected chi connectivity index (χ3v) is 13.4. The van der Waals surface area contributed by atoms with Gasteiger partial charge in [-0.05, 0) is 114 Å². The normalized spacial score (nSPS) is 33.4. The minimum absolute atomic E-state index is 0.128. The van der Waals surface area contributed by atoms with Crippen LogP contribution in [-0.2, 0) is 9.59 Å². The molecule has 0 spiro atoms. The molecule has 0 unspecified atom stereocenters. The van der Waals surface area contributed by atoms with Crippen LogP contribution >= 0.6 is 0 Å². The summed E-state index contributed by atoms with van der Waals surface area (Å²) in [5.41, 5.74) is 5.28. The number of hydrogen-bond donors (Lipinski definition) is 1. The first-order chi connectivity index (χ1) is 20.9. The van der Waals surface area contributed by atoms with Crippen LogP contribution in [0.4, 0.5) is 0 Å². The molecular weight excluding hydrogens is 540 g/mol. The van der Waals surface area contributed by atoms with Gasteiger partial charge in [0, 0.05) is 26.1 Å². The highest BCUT2D eigenvalue weighted by Crippen LogP contribution is 2.66. The fourth-order valence-electron chi connectivity index (χ4n) is 10.6. The van der Waals surface area contributed by atoms with Gasteiger partial charge in [0.05, 0.1) is 5.92 Å². The molecule has 1 N–H and O–H groups in total. The van der Waals surface area contributed by atoms with Crippen molar-refractivity contribution in [3.8, 4) is 0 Å². The molecule has 44 heavy (non-hydrogen) atoms. The molecule has 1 heterocycles. The zero-order valence-corrected chi connectivity index (χ0v) is 28.4. The highest BCUT2D eigenvalue weighted by Gasteiger charge is 2.61. The number of hydrogen-bond acceptors (Lipinski definition) is 2. The highest BCUT2D eigenvalue weighted by molar-refractivity contribution is 5.87. The average Bonchev–Trinajstić information content (AvgIpc) is 3.35. The van der Waals surface area contributed by atoms with Gasteiger partial charge in [-0.2, -0.15) is 0 Å². The van der Waals surface area contributed by atoms with Crippen LogP contribution in [-0.4, -0.2) is 36.3 Å². The molecule has 6 rings (SSSR count). The van der Waals surface area contributed by atoms with E-state index >= 15 is 0 Å². The number of amides is 2. The molecule has 2 amide bonds. The Balaban J connectivity index is 1.18. The zero-order valence-electron chi connectivity index (χ0n) is 28.4. The van der Waals surface area contributed by atoms with Crippen molar-refractivity contribution in [2.24, 2.45) is 34.5 Å². The summed E-state index contributed by atoms with van der Waals surface area (Å²) < 4.78 is 0. The second kappa shape index (κ2) is 12.0. The van der Waals surface area contributed by atoms with Crippen LogP contribution in [0.1, 0.15) is 133 Å². The van der Waals surface area contributed by atoms with Crippen LogP contribution in [0.25, 0.3) is 0 Å². The summed E-state index contributed by atoms with van der Waals surface area (Å²) in [5.74, 6) is 3.81. The third kappa shape index (κ3) is 5.32. The van der Waals surface area contributed by atoms with E-state index in [2.05, 4.69) is 107 Å². The van der Waals surface area contributed by atoms with Gasteiger partial charge in [-0.15, -0.1) is 0 Å². The van der Waals surface area contributed by atoms with Crippen molar-refractivity contribution in [1.29, 1.82) is 0 Å². The van der Waals surface area contributed by atoms with Gasteiger partial charge < -0.3 is 10.2 Å². The Morgan fingerprint density at radius 3 is 1.89 bits per heavy atom. The lowest BCUT2D eigenvalue weighted by molar-refractivity contribution is -0.158. The Morgan fingerprint density at radius 1 is 0.773 bits per heavy atom. The molecule has 0 bridgehead atoms. The molecule has 1 aliphatic heterocycles. The number of likely N-dealkylation sites (tertiary alicyclic amines) is 1. The predicted octanol–water partition coefficient (Wildman–Crippen LogP) is 8.66. The first-order valence-electron chi connectivity index (χ1n) is 17.7. The van der Waals surface area contributed by atoms with Crippen LogP contribution in [0.2, 0.25) is 0 Å². The molecule has 4 heteroatoms. The first-order valence-corrected chi connectivity index (χ1v) is 17.7. The van der Waals surface area contributed by atoms with Crippen LogP contribution in [0, 0.1) is 34.5 Å². The smallest absolute Gasteiger partial charge is 0.232 e. The molecular formula is C40H56N2O2. The van der Waals surface area contributed by atoms with Gasteiger partial charge in [0.15, 0.2) is 0 Å². The average molecular weight is 597 g/mol. The van der Waals surface area contributed by atoms with E-state index in [-0.39, 0.29) is 22.7 Å². The van der Waals surface area contributed by atoms with Gasteiger partial charge in [-0.3, -0.25) is 9.59 Å². The van der Waals surface area contributed by atoms with Gasteiger partial charge in [0.2, 0.25) is 11.8 Å². The number of fused-ring (bicyclic) bond motifs is 5. The lowest BCUT2D eigenvalue weighted by atomic mass is 9.47. The Labute approximate surface area is 266 Å². The molecule has 2 aromatic carbocycles. The van der Waals surface area contributed by atoms with Crippen molar-refractivity contribution in [3.63, 3.8) is 0 Å². The first kappa shape index (κ1) is 31.4. The van der Waals surface area contributed by atoms with E-state index in [4.69, 9.17) is 0 Å². The van der Waals surface area contributed by atoms with E-state index in [1.807, 2.05) is 0 Å². The van der Waals surface area contributed by atoms with E-state index in [0.29, 0.717) is 36.1 Å². The molecule has 4 aliphatic rings. The van der Waals surface area contributed by atoms with Crippen LogP contribution in [0.3, 0.4) is 0 Å². The quantitative estimate of drug-likeness (QED) is 0.348. The Morgan fingerprint density at radius 2 is 1.32 bits per heavy atom. The molecule has 3 saturated carbocycles. The zero-order chi connectivity index (χ0) is 31.4. The van der Waals surface area contributed by atoms with Crippen LogP contribution < -0.4 is 5.32 Å². The topological polar surface area (TPSA) is 49.4 Å². The summed E-state index contributed by atoms with van der Waals surface area (Å²) in [6, 6.07) is 17.8. The second-order valence-electron chi connectivity index (χ2n) is 16.1. The third-order valence-electron chi connectivity index (χ3n) is 13.4. The summed E-state index contributed by atoms with van der Waals surface area (Å²) >= 11 is 0. The molecule has 3 aliphatic carbocycles. The SMILES string of the molecule is CC(C)c1ccc(C(C(=O)NC[C@H]2CC[C@H]3[C@@H]4CC[C@H]5N(C)C(=O)CC[C@]5(C)[C@H]4CC[C@]23C)c2ccc(C(C)C)cc2)cc1. The molecule has 2 aromatic rings. The Hall–Kier alpha value is -2.62.